The summed E-state index contributed by atoms with van der Waals surface area (Å²) in [4.78, 5) is 10.7. The second-order valence-corrected chi connectivity index (χ2v) is 3.02. The summed E-state index contributed by atoms with van der Waals surface area (Å²) in [5.41, 5.74) is 0. The van der Waals surface area contributed by atoms with E-state index in [2.05, 4.69) is 16.0 Å². The molecule has 0 fully saturated rings. The number of carbonyl (C=O) groups is 1. The van der Waals surface area contributed by atoms with Crippen molar-refractivity contribution >= 4 is 6.03 Å². The standard InChI is InChI=1S/C9H21N3O/c1-10-7-5-3-4-6-8-12-9(13)11-2/h10H,3-8H2,1-2H3,(H2,11,12,13). The molecule has 0 saturated heterocycles. The molecule has 0 atom stereocenters. The molecule has 3 N–H and O–H groups in total. The van der Waals surface area contributed by atoms with Crippen LogP contribution in [0.1, 0.15) is 25.7 Å². The molecule has 0 aromatic rings. The summed E-state index contributed by atoms with van der Waals surface area (Å²) in [5, 5.41) is 8.38. The second kappa shape index (κ2) is 9.32. The third-order valence-electron chi connectivity index (χ3n) is 1.87. The maximum Gasteiger partial charge on any atom is 0.314 e. The van der Waals surface area contributed by atoms with Gasteiger partial charge in [0.1, 0.15) is 0 Å². The van der Waals surface area contributed by atoms with Gasteiger partial charge in [-0.3, -0.25) is 0 Å². The van der Waals surface area contributed by atoms with Crippen molar-refractivity contribution in [2.75, 3.05) is 27.2 Å². The molecular weight excluding hydrogens is 166 g/mol. The van der Waals surface area contributed by atoms with Crippen LogP contribution in [0.2, 0.25) is 0 Å². The van der Waals surface area contributed by atoms with Gasteiger partial charge in [-0.25, -0.2) is 4.79 Å². The maximum absolute atomic E-state index is 10.7. The van der Waals surface area contributed by atoms with Crippen molar-refractivity contribution in [3.05, 3.63) is 0 Å². The van der Waals surface area contributed by atoms with Crippen molar-refractivity contribution in [3.63, 3.8) is 0 Å². The number of unbranched alkanes of at least 4 members (excludes halogenated alkanes) is 3. The predicted molar refractivity (Wildman–Crippen MR) is 54.9 cm³/mol. The van der Waals surface area contributed by atoms with E-state index in [-0.39, 0.29) is 6.03 Å². The van der Waals surface area contributed by atoms with Crippen molar-refractivity contribution in [1.29, 1.82) is 0 Å². The van der Waals surface area contributed by atoms with Crippen LogP contribution in [0.15, 0.2) is 0 Å². The SMILES string of the molecule is CNCCCCCCNC(=O)NC. The average Bonchev–Trinajstić information content (AvgIpc) is 2.16. The van der Waals surface area contributed by atoms with Crippen LogP contribution in [0.4, 0.5) is 4.79 Å². The van der Waals surface area contributed by atoms with Crippen molar-refractivity contribution < 1.29 is 4.79 Å². The fourth-order valence-electron chi connectivity index (χ4n) is 1.07. The van der Waals surface area contributed by atoms with Gasteiger partial charge in [0.15, 0.2) is 0 Å². The number of hydrogen-bond donors (Lipinski definition) is 3. The van der Waals surface area contributed by atoms with Gasteiger partial charge in [-0.2, -0.15) is 0 Å². The molecule has 0 aliphatic carbocycles. The molecule has 0 heterocycles. The lowest BCUT2D eigenvalue weighted by Gasteiger charge is -2.03. The minimum atomic E-state index is -0.0878. The lowest BCUT2D eigenvalue weighted by molar-refractivity contribution is 0.242. The Morgan fingerprint density at radius 1 is 1.00 bits per heavy atom. The van der Waals surface area contributed by atoms with E-state index >= 15 is 0 Å². The van der Waals surface area contributed by atoms with Crippen LogP contribution < -0.4 is 16.0 Å². The zero-order chi connectivity index (χ0) is 9.94. The smallest absolute Gasteiger partial charge is 0.314 e. The first-order valence-corrected chi connectivity index (χ1v) is 4.91. The number of nitrogens with one attached hydrogen (secondary N) is 3. The summed E-state index contributed by atoms with van der Waals surface area (Å²) in [6.07, 6.45) is 4.70. The summed E-state index contributed by atoms with van der Waals surface area (Å²) in [7, 11) is 3.59. The van der Waals surface area contributed by atoms with Gasteiger partial charge in [0.2, 0.25) is 0 Å². The number of amides is 2. The normalized spacial score (nSPS) is 9.69. The summed E-state index contributed by atoms with van der Waals surface area (Å²) in [6.45, 7) is 1.86. The van der Waals surface area contributed by atoms with E-state index in [0.717, 1.165) is 19.5 Å². The van der Waals surface area contributed by atoms with Gasteiger partial charge < -0.3 is 16.0 Å². The third-order valence-corrected chi connectivity index (χ3v) is 1.87. The van der Waals surface area contributed by atoms with Crippen LogP contribution in [0.25, 0.3) is 0 Å². The van der Waals surface area contributed by atoms with Gasteiger partial charge in [-0.05, 0) is 26.4 Å². The summed E-state index contributed by atoms with van der Waals surface area (Å²) in [6, 6.07) is -0.0878. The molecule has 0 aliphatic heterocycles. The Labute approximate surface area is 80.5 Å². The molecule has 78 valence electrons. The monoisotopic (exact) mass is 187 g/mol. The topological polar surface area (TPSA) is 53.2 Å². The van der Waals surface area contributed by atoms with Crippen molar-refractivity contribution in [2.24, 2.45) is 0 Å². The molecular formula is C9H21N3O. The first kappa shape index (κ1) is 12.2. The average molecular weight is 187 g/mol. The van der Waals surface area contributed by atoms with Crippen LogP contribution in [-0.4, -0.2) is 33.2 Å². The Morgan fingerprint density at radius 2 is 1.62 bits per heavy atom. The molecule has 4 nitrogen and oxygen atoms in total. The van der Waals surface area contributed by atoms with Crippen molar-refractivity contribution in [2.45, 2.75) is 25.7 Å². The van der Waals surface area contributed by atoms with Crippen LogP contribution in [0, 0.1) is 0 Å². The van der Waals surface area contributed by atoms with Gasteiger partial charge in [-0.15, -0.1) is 0 Å². The van der Waals surface area contributed by atoms with Gasteiger partial charge in [0.25, 0.3) is 0 Å². The van der Waals surface area contributed by atoms with E-state index in [0.29, 0.717) is 0 Å². The Bertz CT molecular complexity index is 128. The van der Waals surface area contributed by atoms with Crippen molar-refractivity contribution in [3.8, 4) is 0 Å². The van der Waals surface area contributed by atoms with Gasteiger partial charge in [0.05, 0.1) is 0 Å². The molecule has 4 heteroatoms. The Hall–Kier alpha value is -0.770. The molecule has 0 unspecified atom stereocenters. The Kier molecular flexibility index (Phi) is 8.77. The zero-order valence-corrected chi connectivity index (χ0v) is 8.65. The minimum Gasteiger partial charge on any atom is -0.341 e. The predicted octanol–water partition coefficient (Wildman–Crippen LogP) is 0.695. The highest BCUT2D eigenvalue weighted by Gasteiger charge is 1.93. The van der Waals surface area contributed by atoms with E-state index < -0.39 is 0 Å². The molecule has 2 amide bonds. The van der Waals surface area contributed by atoms with Gasteiger partial charge in [-0.1, -0.05) is 12.8 Å². The fourth-order valence-corrected chi connectivity index (χ4v) is 1.07. The molecule has 0 aromatic carbocycles. The van der Waals surface area contributed by atoms with E-state index in [1.807, 2.05) is 7.05 Å². The second-order valence-electron chi connectivity index (χ2n) is 3.02. The van der Waals surface area contributed by atoms with E-state index in [9.17, 15) is 4.79 Å². The highest BCUT2D eigenvalue weighted by atomic mass is 16.2. The number of urea groups is 1. The lowest BCUT2D eigenvalue weighted by atomic mass is 10.2. The minimum absolute atomic E-state index is 0.0878. The number of carbonyl (C=O) groups excluding carboxylic acids is 1. The van der Waals surface area contributed by atoms with Gasteiger partial charge in [0, 0.05) is 13.6 Å². The summed E-state index contributed by atoms with van der Waals surface area (Å²) < 4.78 is 0. The fraction of sp³-hybridized carbons (Fsp3) is 0.889. The van der Waals surface area contributed by atoms with E-state index in [4.69, 9.17) is 0 Å². The molecule has 0 aliphatic rings. The molecule has 0 bridgehead atoms. The molecule has 0 radical (unpaired) electrons. The van der Waals surface area contributed by atoms with Crippen LogP contribution in [-0.2, 0) is 0 Å². The summed E-state index contributed by atoms with van der Waals surface area (Å²) in [5.74, 6) is 0. The van der Waals surface area contributed by atoms with Crippen LogP contribution in [0.5, 0.6) is 0 Å². The van der Waals surface area contributed by atoms with Crippen LogP contribution in [0.3, 0.4) is 0 Å². The molecule has 0 spiro atoms. The largest absolute Gasteiger partial charge is 0.341 e. The molecule has 0 rings (SSSR count). The first-order valence-electron chi connectivity index (χ1n) is 4.91. The quantitative estimate of drug-likeness (QED) is 0.514. The van der Waals surface area contributed by atoms with E-state index in [1.165, 1.54) is 19.3 Å². The third kappa shape index (κ3) is 9.14. The Balaban J connectivity index is 2.95. The van der Waals surface area contributed by atoms with Crippen molar-refractivity contribution in [1.82, 2.24) is 16.0 Å². The van der Waals surface area contributed by atoms with E-state index in [1.54, 1.807) is 7.05 Å². The summed E-state index contributed by atoms with van der Waals surface area (Å²) >= 11 is 0. The highest BCUT2D eigenvalue weighted by molar-refractivity contribution is 5.73. The van der Waals surface area contributed by atoms with Crippen LogP contribution >= 0.6 is 0 Å². The first-order chi connectivity index (χ1) is 6.31. The van der Waals surface area contributed by atoms with Gasteiger partial charge >= 0.3 is 6.03 Å². The zero-order valence-electron chi connectivity index (χ0n) is 8.65. The lowest BCUT2D eigenvalue weighted by Crippen LogP contribution is -2.33. The molecule has 0 aromatic heterocycles. The Morgan fingerprint density at radius 3 is 2.15 bits per heavy atom. The number of rotatable bonds is 7. The molecule has 13 heavy (non-hydrogen) atoms. The maximum atomic E-state index is 10.7. The highest BCUT2D eigenvalue weighted by Crippen LogP contribution is 1.97. The number of hydrogen-bond acceptors (Lipinski definition) is 2. The molecule has 0 saturated carbocycles.